The van der Waals surface area contributed by atoms with E-state index in [2.05, 4.69) is 13.8 Å². The lowest BCUT2D eigenvalue weighted by atomic mass is 9.92. The number of hydrogen-bond donors (Lipinski definition) is 1. The fraction of sp³-hybridized carbons (Fsp3) is 1.00. The lowest BCUT2D eigenvalue weighted by molar-refractivity contribution is 0.367. The summed E-state index contributed by atoms with van der Waals surface area (Å²) >= 11 is 0. The van der Waals surface area contributed by atoms with E-state index in [4.69, 9.17) is 5.73 Å². The van der Waals surface area contributed by atoms with Crippen molar-refractivity contribution in [3.8, 4) is 0 Å². The molecule has 1 nitrogen and oxygen atoms in total. The highest BCUT2D eigenvalue weighted by molar-refractivity contribution is 4.83. The molecule has 0 heterocycles. The molecule has 0 aromatic carbocycles. The first-order valence-electron chi connectivity index (χ1n) is 4.53. The summed E-state index contributed by atoms with van der Waals surface area (Å²) in [5.41, 5.74) is 5.87. The highest BCUT2D eigenvalue weighted by atomic mass is 14.7. The molecule has 10 heavy (non-hydrogen) atoms. The number of nitrogens with two attached hydrogens (primary N) is 1. The van der Waals surface area contributed by atoms with Gasteiger partial charge in [-0.05, 0) is 24.7 Å². The third kappa shape index (κ3) is 1.51. The summed E-state index contributed by atoms with van der Waals surface area (Å²) in [6.45, 7) is 4.57. The molecule has 0 unspecified atom stereocenters. The van der Waals surface area contributed by atoms with Gasteiger partial charge in [0.1, 0.15) is 0 Å². The molecule has 0 aromatic heterocycles. The van der Waals surface area contributed by atoms with Crippen molar-refractivity contribution in [3.63, 3.8) is 0 Å². The van der Waals surface area contributed by atoms with Gasteiger partial charge < -0.3 is 5.73 Å². The first kappa shape index (κ1) is 8.06. The molecule has 0 amide bonds. The molecule has 1 aliphatic carbocycles. The van der Waals surface area contributed by atoms with Crippen LogP contribution in [0.4, 0.5) is 0 Å². The summed E-state index contributed by atoms with van der Waals surface area (Å²) in [6.07, 6.45) is 5.20. The minimum absolute atomic E-state index is 0.509. The Morgan fingerprint density at radius 3 is 1.80 bits per heavy atom. The van der Waals surface area contributed by atoms with Crippen LogP contribution in [0.2, 0.25) is 0 Å². The SMILES string of the molecule is CC[C@@H]1C[C@H](N)C[C@@H]1CC. The maximum atomic E-state index is 5.87. The molecule has 3 atom stereocenters. The lowest BCUT2D eigenvalue weighted by Crippen LogP contribution is -2.14. The molecule has 1 fully saturated rings. The average molecular weight is 141 g/mol. The van der Waals surface area contributed by atoms with Crippen molar-refractivity contribution in [2.45, 2.75) is 45.6 Å². The first-order valence-corrected chi connectivity index (χ1v) is 4.53. The molecule has 1 saturated carbocycles. The third-order valence-corrected chi connectivity index (χ3v) is 2.93. The van der Waals surface area contributed by atoms with Gasteiger partial charge in [0.15, 0.2) is 0 Å². The molecule has 0 aromatic rings. The van der Waals surface area contributed by atoms with E-state index in [-0.39, 0.29) is 0 Å². The Morgan fingerprint density at radius 1 is 1.10 bits per heavy atom. The summed E-state index contributed by atoms with van der Waals surface area (Å²) in [4.78, 5) is 0. The van der Waals surface area contributed by atoms with E-state index in [9.17, 15) is 0 Å². The minimum Gasteiger partial charge on any atom is -0.328 e. The molecule has 1 heteroatoms. The van der Waals surface area contributed by atoms with Crippen LogP contribution >= 0.6 is 0 Å². The van der Waals surface area contributed by atoms with Gasteiger partial charge in [-0.25, -0.2) is 0 Å². The van der Waals surface area contributed by atoms with Crippen LogP contribution in [0, 0.1) is 11.8 Å². The van der Waals surface area contributed by atoms with E-state index in [1.165, 1.54) is 25.7 Å². The van der Waals surface area contributed by atoms with Crippen LogP contribution in [0.15, 0.2) is 0 Å². The molecule has 60 valence electrons. The monoisotopic (exact) mass is 141 g/mol. The van der Waals surface area contributed by atoms with Gasteiger partial charge in [-0.1, -0.05) is 26.7 Å². The molecule has 0 aliphatic heterocycles. The summed E-state index contributed by atoms with van der Waals surface area (Å²) in [7, 11) is 0. The second-order valence-corrected chi connectivity index (χ2v) is 3.57. The van der Waals surface area contributed by atoms with Crippen molar-refractivity contribution < 1.29 is 0 Å². The van der Waals surface area contributed by atoms with Gasteiger partial charge >= 0.3 is 0 Å². The Hall–Kier alpha value is -0.0400. The molecule has 0 bridgehead atoms. The topological polar surface area (TPSA) is 26.0 Å². The molecule has 1 aliphatic rings. The third-order valence-electron chi connectivity index (χ3n) is 2.93. The summed E-state index contributed by atoms with van der Waals surface area (Å²) in [5, 5.41) is 0. The van der Waals surface area contributed by atoms with Crippen LogP contribution in [0.3, 0.4) is 0 Å². The van der Waals surface area contributed by atoms with Gasteiger partial charge in [0, 0.05) is 6.04 Å². The van der Waals surface area contributed by atoms with E-state index in [1.54, 1.807) is 0 Å². The van der Waals surface area contributed by atoms with Crippen molar-refractivity contribution in [1.29, 1.82) is 0 Å². The Kier molecular flexibility index (Phi) is 2.72. The maximum absolute atomic E-state index is 5.87. The second-order valence-electron chi connectivity index (χ2n) is 3.57. The van der Waals surface area contributed by atoms with Crippen molar-refractivity contribution in [1.82, 2.24) is 0 Å². The van der Waals surface area contributed by atoms with E-state index in [1.807, 2.05) is 0 Å². The Bertz CT molecular complexity index is 88.9. The van der Waals surface area contributed by atoms with E-state index < -0.39 is 0 Å². The fourth-order valence-electron chi connectivity index (χ4n) is 2.26. The molecule has 0 saturated heterocycles. The summed E-state index contributed by atoms with van der Waals surface area (Å²) in [5.74, 6) is 1.86. The van der Waals surface area contributed by atoms with Crippen LogP contribution in [-0.2, 0) is 0 Å². The Morgan fingerprint density at radius 2 is 1.50 bits per heavy atom. The minimum atomic E-state index is 0.509. The van der Waals surface area contributed by atoms with Gasteiger partial charge in [-0.3, -0.25) is 0 Å². The zero-order valence-electron chi connectivity index (χ0n) is 7.14. The van der Waals surface area contributed by atoms with Crippen LogP contribution in [0.5, 0.6) is 0 Å². The van der Waals surface area contributed by atoms with Crippen molar-refractivity contribution in [2.75, 3.05) is 0 Å². The zero-order chi connectivity index (χ0) is 7.56. The molecule has 0 spiro atoms. The Balaban J connectivity index is 2.41. The second kappa shape index (κ2) is 3.38. The van der Waals surface area contributed by atoms with Crippen molar-refractivity contribution in [2.24, 2.45) is 17.6 Å². The van der Waals surface area contributed by atoms with Gasteiger partial charge in [-0.2, -0.15) is 0 Å². The van der Waals surface area contributed by atoms with Gasteiger partial charge in [0.05, 0.1) is 0 Å². The quantitative estimate of drug-likeness (QED) is 0.626. The number of rotatable bonds is 2. The smallest absolute Gasteiger partial charge is 0.00443 e. The van der Waals surface area contributed by atoms with Crippen molar-refractivity contribution >= 4 is 0 Å². The largest absolute Gasteiger partial charge is 0.328 e. The van der Waals surface area contributed by atoms with Gasteiger partial charge in [0.2, 0.25) is 0 Å². The van der Waals surface area contributed by atoms with E-state index in [0.717, 1.165) is 11.8 Å². The average Bonchev–Trinajstić information content (AvgIpc) is 2.30. The normalized spacial score (nSPS) is 40.5. The standard InChI is InChI=1S/C9H19N/c1-3-7-5-9(10)6-8(7)4-2/h7-9H,3-6,10H2,1-2H3/t7-,8+,9+. The molecule has 1 rings (SSSR count). The van der Waals surface area contributed by atoms with E-state index >= 15 is 0 Å². The van der Waals surface area contributed by atoms with Crippen LogP contribution in [0.25, 0.3) is 0 Å². The zero-order valence-corrected chi connectivity index (χ0v) is 7.14. The molecule has 0 radical (unpaired) electrons. The van der Waals surface area contributed by atoms with Crippen LogP contribution in [-0.4, -0.2) is 6.04 Å². The highest BCUT2D eigenvalue weighted by Crippen LogP contribution is 2.35. The maximum Gasteiger partial charge on any atom is 0.00443 e. The van der Waals surface area contributed by atoms with Crippen molar-refractivity contribution in [3.05, 3.63) is 0 Å². The van der Waals surface area contributed by atoms with Gasteiger partial charge in [-0.15, -0.1) is 0 Å². The van der Waals surface area contributed by atoms with Gasteiger partial charge in [0.25, 0.3) is 0 Å². The molecule has 2 N–H and O–H groups in total. The molecular formula is C9H19N. The Labute approximate surface area is 64.0 Å². The highest BCUT2D eigenvalue weighted by Gasteiger charge is 2.29. The first-order chi connectivity index (χ1) is 4.77. The summed E-state index contributed by atoms with van der Waals surface area (Å²) in [6, 6.07) is 0.509. The predicted molar refractivity (Wildman–Crippen MR) is 44.8 cm³/mol. The van der Waals surface area contributed by atoms with Crippen LogP contribution in [0.1, 0.15) is 39.5 Å². The van der Waals surface area contributed by atoms with E-state index in [0.29, 0.717) is 6.04 Å². The number of hydrogen-bond acceptors (Lipinski definition) is 1. The lowest BCUT2D eigenvalue weighted by Gasteiger charge is -2.14. The predicted octanol–water partition coefficient (Wildman–Crippen LogP) is 2.16. The summed E-state index contributed by atoms with van der Waals surface area (Å²) < 4.78 is 0. The molecular weight excluding hydrogens is 122 g/mol. The van der Waals surface area contributed by atoms with Crippen LogP contribution < -0.4 is 5.73 Å². The fourth-order valence-corrected chi connectivity index (χ4v) is 2.26.